The van der Waals surface area contributed by atoms with Gasteiger partial charge in [0.15, 0.2) is 0 Å². The number of nitrogens with zero attached hydrogens (tertiary/aromatic N) is 2. The highest BCUT2D eigenvalue weighted by Gasteiger charge is 2.38. The molecule has 100 valence electrons. The van der Waals surface area contributed by atoms with Gasteiger partial charge in [-0.3, -0.25) is 4.90 Å². The molecule has 1 amide bonds. The fraction of sp³-hybridized carbons (Fsp3) is 0.429. The van der Waals surface area contributed by atoms with Crippen LogP contribution in [-0.2, 0) is 4.74 Å². The van der Waals surface area contributed by atoms with Crippen LogP contribution in [0.2, 0.25) is 0 Å². The lowest BCUT2D eigenvalue weighted by molar-refractivity contribution is 0.151. The number of nitriles is 1. The van der Waals surface area contributed by atoms with Gasteiger partial charge in [0.25, 0.3) is 0 Å². The highest BCUT2D eigenvalue weighted by Crippen LogP contribution is 2.30. The Balaban J connectivity index is 2.20. The molecule has 0 aromatic heterocycles. The van der Waals surface area contributed by atoms with E-state index in [2.05, 4.69) is 6.07 Å². The molecule has 1 aromatic rings. The molecule has 2 atom stereocenters. The number of rotatable bonds is 5. The second-order valence-electron chi connectivity index (χ2n) is 4.34. The minimum atomic E-state index is -0.423. The van der Waals surface area contributed by atoms with Crippen LogP contribution in [0.1, 0.15) is 18.0 Å². The summed E-state index contributed by atoms with van der Waals surface area (Å²) in [6.07, 6.45) is 2.27. The van der Waals surface area contributed by atoms with Gasteiger partial charge in [0.05, 0.1) is 12.1 Å². The Morgan fingerprint density at radius 2 is 2.26 bits per heavy atom. The number of benzene rings is 1. The zero-order valence-corrected chi connectivity index (χ0v) is 11.6. The molecule has 0 saturated carbocycles. The number of carbonyl (C=O) groups excluding carboxylic acids is 1. The van der Waals surface area contributed by atoms with E-state index in [4.69, 9.17) is 4.74 Å². The number of cyclic esters (lactones) is 1. The normalized spacial score (nSPS) is 19.9. The van der Waals surface area contributed by atoms with E-state index < -0.39 is 6.04 Å². The number of hydrogen-bond donors (Lipinski definition) is 0. The molecule has 1 aromatic carbocycles. The van der Waals surface area contributed by atoms with E-state index in [1.807, 2.05) is 36.6 Å². The van der Waals surface area contributed by atoms with Crippen molar-refractivity contribution in [3.8, 4) is 6.07 Å². The van der Waals surface area contributed by atoms with Gasteiger partial charge in [-0.15, -0.1) is 0 Å². The molecule has 0 bridgehead atoms. The third-order valence-corrected chi connectivity index (χ3v) is 3.82. The first-order valence-electron chi connectivity index (χ1n) is 6.16. The molecule has 1 saturated heterocycles. The van der Waals surface area contributed by atoms with Crippen LogP contribution in [0.3, 0.4) is 0 Å². The maximum atomic E-state index is 11.9. The van der Waals surface area contributed by atoms with E-state index in [0.29, 0.717) is 13.0 Å². The summed E-state index contributed by atoms with van der Waals surface area (Å²) in [6, 6.07) is 11.4. The number of carbonyl (C=O) groups is 1. The molecule has 2 rings (SSSR count). The predicted molar refractivity (Wildman–Crippen MR) is 74.8 cm³/mol. The van der Waals surface area contributed by atoms with Crippen LogP contribution in [0.25, 0.3) is 0 Å². The van der Waals surface area contributed by atoms with Crippen molar-refractivity contribution >= 4 is 17.9 Å². The Bertz CT molecular complexity index is 472. The summed E-state index contributed by atoms with van der Waals surface area (Å²) in [5.41, 5.74) is 1.01. The zero-order valence-electron chi connectivity index (χ0n) is 10.8. The van der Waals surface area contributed by atoms with E-state index >= 15 is 0 Å². The summed E-state index contributed by atoms with van der Waals surface area (Å²) < 4.78 is 5.12. The van der Waals surface area contributed by atoms with Gasteiger partial charge in [0, 0.05) is 0 Å². The molecule has 1 aliphatic heterocycles. The molecular formula is C14H16N2O2S. The Morgan fingerprint density at radius 1 is 1.53 bits per heavy atom. The van der Waals surface area contributed by atoms with Crippen molar-refractivity contribution in [3.63, 3.8) is 0 Å². The van der Waals surface area contributed by atoms with Crippen molar-refractivity contribution in [2.75, 3.05) is 18.6 Å². The largest absolute Gasteiger partial charge is 0.447 e. The molecule has 1 heterocycles. The fourth-order valence-electron chi connectivity index (χ4n) is 2.20. The van der Waals surface area contributed by atoms with Gasteiger partial charge in [0.1, 0.15) is 12.6 Å². The minimum absolute atomic E-state index is 0.153. The van der Waals surface area contributed by atoms with Gasteiger partial charge >= 0.3 is 6.09 Å². The molecule has 1 fully saturated rings. The zero-order chi connectivity index (χ0) is 13.7. The average molecular weight is 276 g/mol. The van der Waals surface area contributed by atoms with Crippen molar-refractivity contribution in [2.24, 2.45) is 0 Å². The first-order chi connectivity index (χ1) is 9.27. The highest BCUT2D eigenvalue weighted by atomic mass is 32.2. The molecule has 5 heteroatoms. The molecule has 0 radical (unpaired) electrons. The van der Waals surface area contributed by atoms with Gasteiger partial charge in [-0.2, -0.15) is 17.0 Å². The van der Waals surface area contributed by atoms with Crippen LogP contribution in [0, 0.1) is 11.3 Å². The van der Waals surface area contributed by atoms with Crippen molar-refractivity contribution < 1.29 is 9.53 Å². The van der Waals surface area contributed by atoms with E-state index in [-0.39, 0.29) is 12.1 Å². The summed E-state index contributed by atoms with van der Waals surface area (Å²) in [6.45, 7) is 0.320. The van der Waals surface area contributed by atoms with Crippen molar-refractivity contribution in [2.45, 2.75) is 18.5 Å². The average Bonchev–Trinajstić information content (AvgIpc) is 2.83. The van der Waals surface area contributed by atoms with Gasteiger partial charge in [-0.25, -0.2) is 4.79 Å². The Kier molecular flexibility index (Phi) is 4.69. The standard InChI is InChI=1S/C14H16N2O2S/c1-19-8-7-12(9-15)16-13(10-18-14(16)17)11-5-3-2-4-6-11/h2-6,12-13H,7-8,10H2,1H3/t12-,13-/m1/s1. The molecule has 19 heavy (non-hydrogen) atoms. The third kappa shape index (κ3) is 3.02. The van der Waals surface area contributed by atoms with Gasteiger partial charge in [-0.1, -0.05) is 30.3 Å². The van der Waals surface area contributed by atoms with Crippen LogP contribution in [0.5, 0.6) is 0 Å². The maximum absolute atomic E-state index is 11.9. The van der Waals surface area contributed by atoms with Crippen molar-refractivity contribution in [3.05, 3.63) is 35.9 Å². The summed E-state index contributed by atoms with van der Waals surface area (Å²) in [7, 11) is 0. The molecule has 4 nitrogen and oxygen atoms in total. The Morgan fingerprint density at radius 3 is 2.89 bits per heavy atom. The smallest absolute Gasteiger partial charge is 0.411 e. The molecule has 0 spiro atoms. The van der Waals surface area contributed by atoms with Gasteiger partial charge < -0.3 is 4.74 Å². The monoisotopic (exact) mass is 276 g/mol. The van der Waals surface area contributed by atoms with Gasteiger partial charge in [0.2, 0.25) is 0 Å². The van der Waals surface area contributed by atoms with Crippen LogP contribution in [0.4, 0.5) is 4.79 Å². The highest BCUT2D eigenvalue weighted by molar-refractivity contribution is 7.98. The van der Waals surface area contributed by atoms with Crippen LogP contribution in [0.15, 0.2) is 30.3 Å². The van der Waals surface area contributed by atoms with E-state index in [0.717, 1.165) is 11.3 Å². The lowest BCUT2D eigenvalue weighted by Gasteiger charge is -2.26. The molecule has 1 aliphatic rings. The number of hydrogen-bond acceptors (Lipinski definition) is 4. The predicted octanol–water partition coefficient (Wildman–Crippen LogP) is 2.83. The maximum Gasteiger partial charge on any atom is 0.411 e. The number of ether oxygens (including phenoxy) is 1. The topological polar surface area (TPSA) is 53.3 Å². The first-order valence-corrected chi connectivity index (χ1v) is 7.56. The minimum Gasteiger partial charge on any atom is -0.447 e. The van der Waals surface area contributed by atoms with E-state index in [9.17, 15) is 10.1 Å². The number of amides is 1. The van der Waals surface area contributed by atoms with Crippen LogP contribution < -0.4 is 0 Å². The lowest BCUT2D eigenvalue weighted by atomic mass is 10.0. The van der Waals surface area contributed by atoms with Gasteiger partial charge in [-0.05, 0) is 24.0 Å². The molecule has 0 unspecified atom stereocenters. The first kappa shape index (κ1) is 13.8. The Hall–Kier alpha value is -1.67. The van der Waals surface area contributed by atoms with Crippen molar-refractivity contribution in [1.82, 2.24) is 4.90 Å². The SMILES string of the molecule is CSCC[C@H](C#N)N1C(=O)OC[C@@H]1c1ccccc1. The lowest BCUT2D eigenvalue weighted by Crippen LogP contribution is -2.37. The van der Waals surface area contributed by atoms with Crippen molar-refractivity contribution in [1.29, 1.82) is 5.26 Å². The van der Waals surface area contributed by atoms with E-state index in [1.54, 1.807) is 16.7 Å². The molecule has 0 N–H and O–H groups in total. The summed E-state index contributed by atoms with van der Waals surface area (Å²) in [5, 5.41) is 9.29. The molecule has 0 aliphatic carbocycles. The van der Waals surface area contributed by atoms with Crippen LogP contribution >= 0.6 is 11.8 Å². The van der Waals surface area contributed by atoms with E-state index in [1.165, 1.54) is 0 Å². The summed E-state index contributed by atoms with van der Waals surface area (Å²) in [5.74, 6) is 0.851. The summed E-state index contributed by atoms with van der Waals surface area (Å²) in [4.78, 5) is 13.4. The second-order valence-corrected chi connectivity index (χ2v) is 5.32. The number of thioether (sulfide) groups is 1. The Labute approximate surface area is 117 Å². The fourth-order valence-corrected chi connectivity index (χ4v) is 2.66. The quantitative estimate of drug-likeness (QED) is 0.830. The molecular weight excluding hydrogens is 260 g/mol. The van der Waals surface area contributed by atoms with Crippen LogP contribution in [-0.4, -0.2) is 35.7 Å². The summed E-state index contributed by atoms with van der Waals surface area (Å²) >= 11 is 1.67. The second kappa shape index (κ2) is 6.48. The third-order valence-electron chi connectivity index (χ3n) is 3.18.